The van der Waals surface area contributed by atoms with Gasteiger partial charge in [0.1, 0.15) is 0 Å². The number of nitrogens with zero attached hydrogens (tertiary/aromatic N) is 1. The summed E-state index contributed by atoms with van der Waals surface area (Å²) in [7, 11) is -3.02. The third kappa shape index (κ3) is 3.73. The third-order valence-electron chi connectivity index (χ3n) is 3.65. The normalized spacial score (nSPS) is 20.4. The van der Waals surface area contributed by atoms with Crippen LogP contribution in [0.15, 0.2) is 23.1 Å². The van der Waals surface area contributed by atoms with Crippen molar-refractivity contribution in [3.63, 3.8) is 0 Å². The van der Waals surface area contributed by atoms with E-state index < -0.39 is 9.84 Å². The predicted octanol–water partition coefficient (Wildman–Crippen LogP) is 2.71. The smallest absolute Gasteiger partial charge is 0.255 e. The Morgan fingerprint density at radius 1 is 1.48 bits per heavy atom. The molecule has 1 aromatic rings. The zero-order valence-electron chi connectivity index (χ0n) is 12.0. The average molecular weight is 348 g/mol. The van der Waals surface area contributed by atoms with Gasteiger partial charge in [0.25, 0.3) is 5.91 Å². The van der Waals surface area contributed by atoms with Crippen molar-refractivity contribution in [1.82, 2.24) is 4.90 Å². The highest BCUT2D eigenvalue weighted by molar-refractivity contribution is 7.98. The van der Waals surface area contributed by atoms with Crippen molar-refractivity contribution < 1.29 is 13.2 Å². The van der Waals surface area contributed by atoms with E-state index >= 15 is 0 Å². The lowest BCUT2D eigenvalue weighted by Crippen LogP contribution is -2.41. The summed E-state index contributed by atoms with van der Waals surface area (Å²) in [6.45, 7) is 2.33. The maximum atomic E-state index is 12.7. The molecule has 0 aromatic heterocycles. The van der Waals surface area contributed by atoms with Crippen molar-refractivity contribution in [2.45, 2.75) is 24.3 Å². The van der Waals surface area contributed by atoms with Gasteiger partial charge >= 0.3 is 0 Å². The topological polar surface area (TPSA) is 54.5 Å². The van der Waals surface area contributed by atoms with Gasteiger partial charge in [0.15, 0.2) is 9.84 Å². The molecule has 116 valence electrons. The average Bonchev–Trinajstić information content (AvgIpc) is 2.80. The number of benzene rings is 1. The lowest BCUT2D eigenvalue weighted by Gasteiger charge is -2.27. The number of hydrogen-bond acceptors (Lipinski definition) is 4. The lowest BCUT2D eigenvalue weighted by molar-refractivity contribution is 0.0708. The zero-order valence-corrected chi connectivity index (χ0v) is 14.4. The molecule has 21 heavy (non-hydrogen) atoms. The minimum Gasteiger partial charge on any atom is -0.335 e. The second-order valence-corrected chi connectivity index (χ2v) is 8.51. The lowest BCUT2D eigenvalue weighted by atomic mass is 10.1. The summed E-state index contributed by atoms with van der Waals surface area (Å²) in [5, 5.41) is 0.400. The molecule has 4 nitrogen and oxygen atoms in total. The monoisotopic (exact) mass is 347 g/mol. The first-order valence-corrected chi connectivity index (χ1v) is 10.1. The number of rotatable bonds is 4. The summed E-state index contributed by atoms with van der Waals surface area (Å²) in [5.74, 6) is 0.00686. The van der Waals surface area contributed by atoms with Crippen LogP contribution in [-0.4, -0.2) is 49.6 Å². The molecule has 1 amide bonds. The SMILES string of the molecule is CCN(C(=O)c1cc(SC)ccc1Cl)C1CCS(=O)(=O)C1. The number of sulfone groups is 1. The summed E-state index contributed by atoms with van der Waals surface area (Å²) < 4.78 is 23.2. The number of halogens is 1. The van der Waals surface area contributed by atoms with E-state index in [1.165, 1.54) is 11.8 Å². The van der Waals surface area contributed by atoms with Gasteiger partial charge in [0, 0.05) is 17.5 Å². The number of carbonyl (C=O) groups is 1. The Bertz CT molecular complexity index is 646. The molecule has 0 aliphatic carbocycles. The standard InChI is InChI=1S/C14H18ClNO3S2/c1-3-16(10-6-7-21(18,19)9-10)14(17)12-8-11(20-2)4-5-13(12)15/h4-5,8,10H,3,6-7,9H2,1-2H3. The summed E-state index contributed by atoms with van der Waals surface area (Å²) >= 11 is 7.67. The van der Waals surface area contributed by atoms with Crippen LogP contribution in [0.4, 0.5) is 0 Å². The van der Waals surface area contributed by atoms with E-state index in [-0.39, 0.29) is 23.5 Å². The Morgan fingerprint density at radius 2 is 2.19 bits per heavy atom. The van der Waals surface area contributed by atoms with Crippen molar-refractivity contribution in [1.29, 1.82) is 0 Å². The second-order valence-electron chi connectivity index (χ2n) is 4.99. The molecular weight excluding hydrogens is 330 g/mol. The van der Waals surface area contributed by atoms with Gasteiger partial charge in [-0.05, 0) is 37.8 Å². The van der Waals surface area contributed by atoms with Crippen molar-refractivity contribution in [3.8, 4) is 0 Å². The Balaban J connectivity index is 2.29. The molecule has 1 saturated heterocycles. The fraction of sp³-hybridized carbons (Fsp3) is 0.500. The van der Waals surface area contributed by atoms with Crippen LogP contribution in [0.25, 0.3) is 0 Å². The summed E-state index contributed by atoms with van der Waals surface area (Å²) in [4.78, 5) is 15.3. The molecule has 1 aromatic carbocycles. The Hall–Kier alpha value is -0.720. The van der Waals surface area contributed by atoms with Crippen molar-refractivity contribution in [2.24, 2.45) is 0 Å². The fourth-order valence-corrected chi connectivity index (χ4v) is 4.91. The van der Waals surface area contributed by atoms with Crippen LogP contribution in [0.2, 0.25) is 5.02 Å². The first-order valence-electron chi connectivity index (χ1n) is 6.73. The van der Waals surface area contributed by atoms with E-state index in [1.807, 2.05) is 19.2 Å². The largest absolute Gasteiger partial charge is 0.335 e. The maximum Gasteiger partial charge on any atom is 0.255 e. The molecule has 0 N–H and O–H groups in total. The van der Waals surface area contributed by atoms with E-state index in [9.17, 15) is 13.2 Å². The highest BCUT2D eigenvalue weighted by Crippen LogP contribution is 2.26. The van der Waals surface area contributed by atoms with Crippen LogP contribution >= 0.6 is 23.4 Å². The Labute approximate surface area is 134 Å². The molecular formula is C14H18ClNO3S2. The van der Waals surface area contributed by atoms with Crippen LogP contribution in [0.1, 0.15) is 23.7 Å². The molecule has 1 aliphatic rings. The van der Waals surface area contributed by atoms with Gasteiger partial charge < -0.3 is 4.90 Å². The first-order chi connectivity index (χ1) is 9.88. The molecule has 2 rings (SSSR count). The summed E-state index contributed by atoms with van der Waals surface area (Å²) in [6.07, 6.45) is 2.43. The van der Waals surface area contributed by atoms with Crippen molar-refractivity contribution in [2.75, 3.05) is 24.3 Å². The number of carbonyl (C=O) groups excluding carboxylic acids is 1. The summed E-state index contributed by atoms with van der Waals surface area (Å²) in [5.41, 5.74) is 0.440. The molecule has 0 radical (unpaired) electrons. The van der Waals surface area contributed by atoms with Crippen LogP contribution in [0.5, 0.6) is 0 Å². The van der Waals surface area contributed by atoms with Crippen molar-refractivity contribution in [3.05, 3.63) is 28.8 Å². The minimum atomic E-state index is -3.02. The summed E-state index contributed by atoms with van der Waals surface area (Å²) in [6, 6.07) is 5.09. The minimum absolute atomic E-state index is 0.0480. The number of thioether (sulfide) groups is 1. The van der Waals surface area contributed by atoms with Gasteiger partial charge in [0.05, 0.1) is 22.1 Å². The predicted molar refractivity (Wildman–Crippen MR) is 87.0 cm³/mol. The van der Waals surface area contributed by atoms with Crippen LogP contribution in [-0.2, 0) is 9.84 Å². The van der Waals surface area contributed by atoms with Gasteiger partial charge in [-0.2, -0.15) is 0 Å². The fourth-order valence-electron chi connectivity index (χ4n) is 2.54. The maximum absolute atomic E-state index is 12.7. The zero-order chi connectivity index (χ0) is 15.6. The van der Waals surface area contributed by atoms with Gasteiger partial charge in [0.2, 0.25) is 0 Å². The molecule has 1 heterocycles. The van der Waals surface area contributed by atoms with Crippen LogP contribution in [0, 0.1) is 0 Å². The molecule has 0 spiro atoms. The van der Waals surface area contributed by atoms with Crippen molar-refractivity contribution >= 4 is 39.1 Å². The molecule has 1 unspecified atom stereocenters. The Morgan fingerprint density at radius 3 is 2.71 bits per heavy atom. The van der Waals surface area contributed by atoms with Crippen LogP contribution < -0.4 is 0 Å². The van der Waals surface area contributed by atoms with Crippen LogP contribution in [0.3, 0.4) is 0 Å². The van der Waals surface area contributed by atoms with E-state index in [4.69, 9.17) is 11.6 Å². The van der Waals surface area contributed by atoms with Gasteiger partial charge in [-0.25, -0.2) is 8.42 Å². The van der Waals surface area contributed by atoms with E-state index in [0.717, 1.165) is 4.90 Å². The quantitative estimate of drug-likeness (QED) is 0.786. The van der Waals surface area contributed by atoms with Gasteiger partial charge in [-0.3, -0.25) is 4.79 Å². The molecule has 7 heteroatoms. The highest BCUT2D eigenvalue weighted by Gasteiger charge is 2.34. The molecule has 0 saturated carbocycles. The Kier molecular flexibility index (Phi) is 5.22. The molecule has 1 atom stereocenters. The first kappa shape index (κ1) is 16.6. The van der Waals surface area contributed by atoms with E-state index in [0.29, 0.717) is 23.6 Å². The highest BCUT2D eigenvalue weighted by atomic mass is 35.5. The van der Waals surface area contributed by atoms with E-state index in [1.54, 1.807) is 17.0 Å². The molecule has 0 bridgehead atoms. The number of hydrogen-bond donors (Lipinski definition) is 0. The van der Waals surface area contributed by atoms with E-state index in [2.05, 4.69) is 0 Å². The molecule has 1 fully saturated rings. The third-order valence-corrected chi connectivity index (χ3v) is 6.46. The second kappa shape index (κ2) is 6.58. The van der Waals surface area contributed by atoms with Gasteiger partial charge in [-0.1, -0.05) is 11.6 Å². The van der Waals surface area contributed by atoms with Gasteiger partial charge in [-0.15, -0.1) is 11.8 Å². The molecule has 1 aliphatic heterocycles. The number of amides is 1.